The maximum Gasteiger partial charge on any atom is 0.252 e. The highest BCUT2D eigenvalue weighted by Gasteiger charge is 2.48. The average molecular weight is 1040 g/mol. The van der Waals surface area contributed by atoms with Crippen LogP contribution in [0.1, 0.15) is 167 Å². The van der Waals surface area contributed by atoms with E-state index < -0.39 is 0 Å². The van der Waals surface area contributed by atoms with Gasteiger partial charge in [0.2, 0.25) is 0 Å². The molecule has 78 heavy (non-hydrogen) atoms. The predicted octanol–water partition coefficient (Wildman–Crippen LogP) is 19.4. The van der Waals surface area contributed by atoms with Crippen molar-refractivity contribution in [3.63, 3.8) is 0 Å². The Morgan fingerprint density at radius 1 is 0.449 bits per heavy atom. The molecule has 2 aliphatic heterocycles. The molecule has 0 N–H and O–H groups in total. The molecule has 0 saturated carbocycles. The van der Waals surface area contributed by atoms with E-state index in [1.54, 1.807) is 0 Å². The second kappa shape index (κ2) is 17.1. The Morgan fingerprint density at radius 2 is 1.03 bits per heavy atom. The van der Waals surface area contributed by atoms with Gasteiger partial charge in [0.05, 0.1) is 11.4 Å². The van der Waals surface area contributed by atoms with Crippen LogP contribution >= 0.6 is 11.3 Å². The lowest BCUT2D eigenvalue weighted by atomic mass is 9.33. The van der Waals surface area contributed by atoms with Crippen LogP contribution in [0, 0.1) is 13.8 Å². The second-order valence-electron chi connectivity index (χ2n) is 28.8. The predicted molar refractivity (Wildman–Crippen MR) is 342 cm³/mol. The molecule has 0 saturated heterocycles. The van der Waals surface area contributed by atoms with Crippen LogP contribution in [-0.4, -0.2) is 6.71 Å². The van der Waals surface area contributed by atoms with Crippen molar-refractivity contribution in [3.8, 4) is 22.3 Å². The van der Waals surface area contributed by atoms with Gasteiger partial charge in [0.25, 0.3) is 6.71 Å². The smallest absolute Gasteiger partial charge is 0.252 e. The van der Waals surface area contributed by atoms with Gasteiger partial charge in [0.1, 0.15) is 0 Å². The maximum atomic E-state index is 2.76. The standard InChI is InChI=1S/C74H79BN2S/c1-44-21-20-22-45(2)65(44)47-37-61-67-62(38-47)77(59-31-26-48(69(3,4)5)39-52(59)46-23-18-17-19-24-46)68-57(30-32-63-66(68)51-28-25-49(70(6,7)8)40-64(51)78-63)75(67)58-42-55-56(74(15,16)36-35-73(55,13)14)43-60(58)76(61)50-27-29-53-54(41-50)72(11,12)34-33-71(53,9)10/h17-32,37-43H,33-36H2,1-16H3. The van der Waals surface area contributed by atoms with Crippen molar-refractivity contribution >= 4 is 88.7 Å². The van der Waals surface area contributed by atoms with E-state index >= 15 is 0 Å². The van der Waals surface area contributed by atoms with E-state index in [0.717, 1.165) is 19.3 Å². The number of hydrogen-bond acceptors (Lipinski definition) is 3. The normalized spacial score (nSPS) is 17.6. The van der Waals surface area contributed by atoms with Crippen molar-refractivity contribution < 1.29 is 0 Å². The highest BCUT2D eigenvalue weighted by atomic mass is 32.1. The third-order valence-electron chi connectivity index (χ3n) is 19.6. The van der Waals surface area contributed by atoms with Gasteiger partial charge in [-0.05, 0) is 204 Å². The second-order valence-corrected chi connectivity index (χ2v) is 29.9. The summed E-state index contributed by atoms with van der Waals surface area (Å²) in [6, 6.07) is 56.1. The molecule has 0 unspecified atom stereocenters. The minimum absolute atomic E-state index is 0.0148. The van der Waals surface area contributed by atoms with Gasteiger partial charge in [0, 0.05) is 48.5 Å². The first-order valence-corrected chi connectivity index (χ1v) is 29.9. The zero-order valence-corrected chi connectivity index (χ0v) is 50.3. The summed E-state index contributed by atoms with van der Waals surface area (Å²) in [6.45, 7) is 38.6. The van der Waals surface area contributed by atoms with E-state index in [4.69, 9.17) is 0 Å². The van der Waals surface area contributed by atoms with Crippen LogP contribution in [0.25, 0.3) is 42.4 Å². The first-order valence-electron chi connectivity index (χ1n) is 29.1. The first kappa shape index (κ1) is 51.1. The SMILES string of the molecule is Cc1cccc(C)c1-c1cc2c3c(c1)N(c1ccc(C(C)(C)C)cc1-c1ccccc1)c1c(ccc4sc5cc(C(C)(C)C)ccc5c14)B3c1cc3c(cc1N2c1ccc2c(c1)C(C)(C)CCC2(C)C)C(C)(C)CCC3(C)C. The minimum Gasteiger partial charge on any atom is -0.311 e. The number of nitrogens with zero attached hydrogens (tertiary/aromatic N) is 2. The molecule has 0 amide bonds. The third kappa shape index (κ3) is 7.76. The molecule has 394 valence electrons. The Kier molecular flexibility index (Phi) is 11.2. The lowest BCUT2D eigenvalue weighted by Crippen LogP contribution is -2.62. The maximum absolute atomic E-state index is 2.76. The molecule has 4 heteroatoms. The highest BCUT2D eigenvalue weighted by Crippen LogP contribution is 2.56. The monoisotopic (exact) mass is 1040 g/mol. The summed E-state index contributed by atoms with van der Waals surface area (Å²) in [5.74, 6) is 0. The molecule has 3 heterocycles. The summed E-state index contributed by atoms with van der Waals surface area (Å²) >= 11 is 1.96. The fourth-order valence-corrected chi connectivity index (χ4v) is 15.7. The van der Waals surface area contributed by atoms with Gasteiger partial charge in [-0.3, -0.25) is 0 Å². The van der Waals surface area contributed by atoms with Gasteiger partial charge in [-0.1, -0.05) is 182 Å². The topological polar surface area (TPSA) is 6.48 Å². The van der Waals surface area contributed by atoms with Crippen molar-refractivity contribution in [1.29, 1.82) is 0 Å². The van der Waals surface area contributed by atoms with Gasteiger partial charge in [-0.2, -0.15) is 0 Å². The molecule has 1 aromatic heterocycles. The molecule has 2 aliphatic carbocycles. The molecular weight excluding hydrogens is 960 g/mol. The zero-order chi connectivity index (χ0) is 55.0. The van der Waals surface area contributed by atoms with E-state index in [9.17, 15) is 0 Å². The summed E-state index contributed by atoms with van der Waals surface area (Å²) in [7, 11) is 0. The molecule has 0 atom stereocenters. The summed E-state index contributed by atoms with van der Waals surface area (Å²) in [5, 5.41) is 2.68. The number of anilines is 6. The number of rotatable bonds is 4. The largest absolute Gasteiger partial charge is 0.311 e. The third-order valence-corrected chi connectivity index (χ3v) is 20.7. The van der Waals surface area contributed by atoms with E-state index in [0.29, 0.717) is 0 Å². The Labute approximate surface area is 471 Å². The van der Waals surface area contributed by atoms with Gasteiger partial charge in [-0.25, -0.2) is 0 Å². The lowest BCUT2D eigenvalue weighted by Gasteiger charge is -2.48. The van der Waals surface area contributed by atoms with Crippen molar-refractivity contribution in [2.24, 2.45) is 0 Å². The Balaban J connectivity index is 1.23. The van der Waals surface area contributed by atoms with Gasteiger partial charge >= 0.3 is 0 Å². The Hall–Kier alpha value is -6.36. The quantitative estimate of drug-likeness (QED) is 0.162. The Morgan fingerprint density at radius 3 is 1.67 bits per heavy atom. The number of fused-ring (bicyclic) bond motifs is 10. The van der Waals surface area contributed by atoms with E-state index in [2.05, 4.69) is 260 Å². The number of aryl methyl sites for hydroxylation is 2. The summed E-state index contributed by atoms with van der Waals surface area (Å²) in [5.41, 5.74) is 28.2. The van der Waals surface area contributed by atoms with Crippen LogP contribution in [0.3, 0.4) is 0 Å². The molecule has 2 nitrogen and oxygen atoms in total. The molecule has 9 aromatic rings. The van der Waals surface area contributed by atoms with Crippen molar-refractivity contribution in [1.82, 2.24) is 0 Å². The summed E-state index contributed by atoms with van der Waals surface area (Å²) in [6.07, 6.45) is 4.66. The van der Waals surface area contributed by atoms with E-state index in [1.165, 1.54) is 144 Å². The molecule has 0 bridgehead atoms. The minimum atomic E-state index is -0.0552. The average Bonchev–Trinajstić information content (AvgIpc) is 2.34. The molecular formula is C74H79BN2S. The Bertz CT molecular complexity index is 3960. The fraction of sp³-hybridized carbons (Fsp3) is 0.351. The van der Waals surface area contributed by atoms with Gasteiger partial charge < -0.3 is 9.80 Å². The molecule has 8 aromatic carbocycles. The number of hydrogen-bond donors (Lipinski definition) is 0. The van der Waals surface area contributed by atoms with Crippen molar-refractivity contribution in [2.75, 3.05) is 9.80 Å². The summed E-state index contributed by atoms with van der Waals surface area (Å²) in [4.78, 5) is 5.50. The number of benzene rings is 8. The van der Waals surface area contributed by atoms with E-state index in [1.807, 2.05) is 11.3 Å². The molecule has 0 spiro atoms. The fourth-order valence-electron chi connectivity index (χ4n) is 14.6. The highest BCUT2D eigenvalue weighted by molar-refractivity contribution is 7.26. The van der Waals surface area contributed by atoms with Crippen LogP contribution in [-0.2, 0) is 32.5 Å². The zero-order valence-electron chi connectivity index (χ0n) is 49.5. The first-order chi connectivity index (χ1) is 36.7. The molecule has 4 aliphatic rings. The van der Waals surface area contributed by atoms with Gasteiger partial charge in [0.15, 0.2) is 0 Å². The van der Waals surface area contributed by atoms with Crippen LogP contribution in [0.2, 0.25) is 0 Å². The van der Waals surface area contributed by atoms with Gasteiger partial charge in [-0.15, -0.1) is 11.3 Å². The van der Waals surface area contributed by atoms with Crippen LogP contribution in [0.4, 0.5) is 34.1 Å². The van der Waals surface area contributed by atoms with Crippen LogP contribution in [0.5, 0.6) is 0 Å². The molecule has 13 rings (SSSR count). The van der Waals surface area contributed by atoms with Crippen molar-refractivity contribution in [2.45, 2.75) is 169 Å². The van der Waals surface area contributed by atoms with E-state index in [-0.39, 0.29) is 39.2 Å². The van der Waals surface area contributed by atoms with Crippen LogP contribution in [0.15, 0.2) is 140 Å². The lowest BCUT2D eigenvalue weighted by molar-refractivity contribution is 0.332. The molecule has 0 fully saturated rings. The van der Waals surface area contributed by atoms with Crippen molar-refractivity contribution in [3.05, 3.63) is 184 Å². The summed E-state index contributed by atoms with van der Waals surface area (Å²) < 4.78 is 2.67. The number of thiophene rings is 1. The molecule has 0 radical (unpaired) electrons. The van der Waals surface area contributed by atoms with Crippen LogP contribution < -0.4 is 26.2 Å².